The monoisotopic (exact) mass is 348 g/mol. The molecule has 6 nitrogen and oxygen atoms in total. The number of hydrogen-bond donors (Lipinski definition) is 2. The van der Waals surface area contributed by atoms with Crippen molar-refractivity contribution in [2.45, 2.75) is 13.8 Å². The molecule has 0 aliphatic rings. The molecule has 0 saturated heterocycles. The number of carbonyl (C=O) groups is 1. The van der Waals surface area contributed by atoms with Crippen LogP contribution in [0.5, 0.6) is 5.75 Å². The zero-order valence-corrected chi connectivity index (χ0v) is 14.9. The predicted molar refractivity (Wildman–Crippen MR) is 102 cm³/mol. The van der Waals surface area contributed by atoms with Crippen molar-refractivity contribution in [1.82, 2.24) is 9.97 Å². The molecule has 0 saturated carbocycles. The molecule has 26 heavy (non-hydrogen) atoms. The second kappa shape index (κ2) is 7.65. The summed E-state index contributed by atoms with van der Waals surface area (Å²) in [5.74, 6) is 0.896. The number of hydrogen-bond acceptors (Lipinski definition) is 5. The van der Waals surface area contributed by atoms with Gasteiger partial charge < -0.3 is 15.4 Å². The first-order valence-corrected chi connectivity index (χ1v) is 8.17. The second-order valence-corrected chi connectivity index (χ2v) is 5.92. The van der Waals surface area contributed by atoms with Crippen molar-refractivity contribution >= 4 is 23.2 Å². The lowest BCUT2D eigenvalue weighted by Gasteiger charge is -2.10. The topological polar surface area (TPSA) is 76.1 Å². The van der Waals surface area contributed by atoms with Crippen LogP contribution < -0.4 is 15.4 Å². The average Bonchev–Trinajstić information content (AvgIpc) is 2.65. The van der Waals surface area contributed by atoms with Crippen LogP contribution in [0.25, 0.3) is 0 Å². The van der Waals surface area contributed by atoms with E-state index in [0.717, 1.165) is 28.3 Å². The third kappa shape index (κ3) is 4.16. The van der Waals surface area contributed by atoms with E-state index >= 15 is 0 Å². The first-order chi connectivity index (χ1) is 12.5. The molecule has 0 spiro atoms. The molecule has 2 aromatic carbocycles. The number of carbonyl (C=O) groups excluding carboxylic acids is 1. The second-order valence-electron chi connectivity index (χ2n) is 5.92. The van der Waals surface area contributed by atoms with Crippen molar-refractivity contribution in [3.05, 3.63) is 71.5 Å². The number of aryl methyl sites for hydroxylation is 2. The van der Waals surface area contributed by atoms with Crippen LogP contribution in [0, 0.1) is 13.8 Å². The molecule has 0 atom stereocenters. The van der Waals surface area contributed by atoms with Gasteiger partial charge >= 0.3 is 0 Å². The number of ether oxygens (including phenoxy) is 1. The van der Waals surface area contributed by atoms with E-state index in [0.29, 0.717) is 11.5 Å². The van der Waals surface area contributed by atoms with E-state index in [2.05, 4.69) is 20.6 Å². The number of anilines is 3. The molecule has 1 amide bonds. The highest BCUT2D eigenvalue weighted by Gasteiger charge is 2.09. The number of aromatic nitrogens is 2. The summed E-state index contributed by atoms with van der Waals surface area (Å²) in [6.45, 7) is 3.93. The van der Waals surface area contributed by atoms with Gasteiger partial charge in [-0.05, 0) is 43.2 Å². The van der Waals surface area contributed by atoms with E-state index in [4.69, 9.17) is 4.74 Å². The molecule has 0 unspecified atom stereocenters. The Morgan fingerprint density at radius 2 is 1.81 bits per heavy atom. The van der Waals surface area contributed by atoms with Crippen LogP contribution in [0.2, 0.25) is 0 Å². The molecule has 3 aromatic rings. The number of benzene rings is 2. The summed E-state index contributed by atoms with van der Waals surface area (Å²) in [6.07, 6.45) is 2.99. The highest BCUT2D eigenvalue weighted by Crippen LogP contribution is 2.20. The first kappa shape index (κ1) is 17.4. The quantitative estimate of drug-likeness (QED) is 0.726. The molecule has 3 rings (SSSR count). The lowest BCUT2D eigenvalue weighted by Crippen LogP contribution is -2.14. The van der Waals surface area contributed by atoms with Crippen molar-refractivity contribution in [1.29, 1.82) is 0 Å². The summed E-state index contributed by atoms with van der Waals surface area (Å²) in [5.41, 5.74) is 4.06. The Balaban J connectivity index is 1.70. The van der Waals surface area contributed by atoms with Gasteiger partial charge in [-0.25, -0.2) is 9.97 Å². The lowest BCUT2D eigenvalue weighted by molar-refractivity contribution is 0.102. The van der Waals surface area contributed by atoms with Gasteiger partial charge in [-0.1, -0.05) is 18.2 Å². The van der Waals surface area contributed by atoms with Gasteiger partial charge in [0.1, 0.15) is 5.75 Å². The van der Waals surface area contributed by atoms with Gasteiger partial charge in [0.2, 0.25) is 5.95 Å². The third-order valence-corrected chi connectivity index (χ3v) is 3.88. The Morgan fingerprint density at radius 1 is 1.04 bits per heavy atom. The minimum atomic E-state index is -0.244. The molecule has 0 radical (unpaired) electrons. The SMILES string of the molecule is COc1cccc(Nc2ncc(C(=O)Nc3cc(C)ccc3C)cn2)c1. The van der Waals surface area contributed by atoms with Crippen LogP contribution in [-0.4, -0.2) is 23.0 Å². The van der Waals surface area contributed by atoms with Crippen molar-refractivity contribution in [2.24, 2.45) is 0 Å². The lowest BCUT2D eigenvalue weighted by atomic mass is 10.1. The van der Waals surface area contributed by atoms with E-state index in [1.165, 1.54) is 12.4 Å². The molecule has 2 N–H and O–H groups in total. The molecule has 6 heteroatoms. The fourth-order valence-electron chi connectivity index (χ4n) is 2.40. The summed E-state index contributed by atoms with van der Waals surface area (Å²) < 4.78 is 5.18. The Kier molecular flexibility index (Phi) is 5.12. The molecule has 132 valence electrons. The predicted octanol–water partition coefficient (Wildman–Crippen LogP) is 4.10. The van der Waals surface area contributed by atoms with Crippen LogP contribution in [0.1, 0.15) is 21.5 Å². The minimum Gasteiger partial charge on any atom is -0.497 e. The van der Waals surface area contributed by atoms with Crippen molar-refractivity contribution in [2.75, 3.05) is 17.7 Å². The van der Waals surface area contributed by atoms with Gasteiger partial charge in [0.25, 0.3) is 5.91 Å². The van der Waals surface area contributed by atoms with Crippen molar-refractivity contribution in [3.8, 4) is 5.75 Å². The Morgan fingerprint density at radius 3 is 2.54 bits per heavy atom. The molecule has 1 heterocycles. The first-order valence-electron chi connectivity index (χ1n) is 8.17. The maximum atomic E-state index is 12.4. The number of nitrogens with zero attached hydrogens (tertiary/aromatic N) is 2. The average molecular weight is 348 g/mol. The number of amides is 1. The van der Waals surface area contributed by atoms with Crippen LogP contribution in [-0.2, 0) is 0 Å². The van der Waals surface area contributed by atoms with Crippen LogP contribution in [0.4, 0.5) is 17.3 Å². The molecule has 0 bridgehead atoms. The van der Waals surface area contributed by atoms with Gasteiger partial charge in [0, 0.05) is 29.8 Å². The molecule has 0 aliphatic heterocycles. The molecule has 0 aliphatic carbocycles. The van der Waals surface area contributed by atoms with Crippen LogP contribution >= 0.6 is 0 Å². The van der Waals surface area contributed by atoms with Crippen LogP contribution in [0.3, 0.4) is 0 Å². The van der Waals surface area contributed by atoms with E-state index in [1.54, 1.807) is 7.11 Å². The third-order valence-electron chi connectivity index (χ3n) is 3.88. The largest absolute Gasteiger partial charge is 0.497 e. The van der Waals surface area contributed by atoms with E-state index in [-0.39, 0.29) is 5.91 Å². The van der Waals surface area contributed by atoms with Crippen molar-refractivity contribution in [3.63, 3.8) is 0 Å². The highest BCUT2D eigenvalue weighted by atomic mass is 16.5. The number of methoxy groups -OCH3 is 1. The van der Waals surface area contributed by atoms with Crippen molar-refractivity contribution < 1.29 is 9.53 Å². The standard InChI is InChI=1S/C20H20N4O2/c1-13-7-8-14(2)18(9-13)24-19(25)15-11-21-20(22-12-15)23-16-5-4-6-17(10-16)26-3/h4-12H,1-3H3,(H,24,25)(H,21,22,23). The summed E-state index contributed by atoms with van der Waals surface area (Å²) in [4.78, 5) is 20.8. The number of nitrogens with one attached hydrogen (secondary N) is 2. The Labute approximate surface area is 152 Å². The van der Waals surface area contributed by atoms with E-state index < -0.39 is 0 Å². The summed E-state index contributed by atoms with van der Waals surface area (Å²) >= 11 is 0. The maximum absolute atomic E-state index is 12.4. The maximum Gasteiger partial charge on any atom is 0.258 e. The van der Waals surface area contributed by atoms with E-state index in [1.807, 2.05) is 56.3 Å². The Bertz CT molecular complexity index is 923. The normalized spacial score (nSPS) is 10.3. The van der Waals surface area contributed by atoms with Gasteiger partial charge in [0.05, 0.1) is 12.7 Å². The van der Waals surface area contributed by atoms with Gasteiger partial charge in [-0.3, -0.25) is 4.79 Å². The molecular formula is C20H20N4O2. The van der Waals surface area contributed by atoms with Gasteiger partial charge in [-0.2, -0.15) is 0 Å². The van der Waals surface area contributed by atoms with E-state index in [9.17, 15) is 4.79 Å². The smallest absolute Gasteiger partial charge is 0.258 e. The summed E-state index contributed by atoms with van der Waals surface area (Å²) in [5, 5.41) is 5.97. The van der Waals surface area contributed by atoms with Gasteiger partial charge in [0.15, 0.2) is 0 Å². The minimum absolute atomic E-state index is 0.244. The molecular weight excluding hydrogens is 328 g/mol. The molecule has 1 aromatic heterocycles. The highest BCUT2D eigenvalue weighted by molar-refractivity contribution is 6.04. The fourth-order valence-corrected chi connectivity index (χ4v) is 2.40. The summed E-state index contributed by atoms with van der Waals surface area (Å²) in [6, 6.07) is 13.4. The van der Waals surface area contributed by atoms with Gasteiger partial charge in [-0.15, -0.1) is 0 Å². The summed E-state index contributed by atoms with van der Waals surface area (Å²) in [7, 11) is 1.61. The number of rotatable bonds is 5. The Hall–Kier alpha value is -3.41. The zero-order valence-electron chi connectivity index (χ0n) is 14.9. The fraction of sp³-hybridized carbons (Fsp3) is 0.150. The zero-order chi connectivity index (χ0) is 18.5. The van der Waals surface area contributed by atoms with Crippen LogP contribution in [0.15, 0.2) is 54.9 Å². The molecule has 0 fully saturated rings.